The Morgan fingerprint density at radius 3 is 3.00 bits per heavy atom. The first kappa shape index (κ1) is 11.7. The van der Waals surface area contributed by atoms with Crippen LogP contribution in [0.4, 0.5) is 0 Å². The van der Waals surface area contributed by atoms with Crippen molar-refractivity contribution in [2.24, 2.45) is 0 Å². The Kier molecular flexibility index (Phi) is 3.49. The van der Waals surface area contributed by atoms with E-state index < -0.39 is 5.97 Å². The van der Waals surface area contributed by atoms with Gasteiger partial charge in [-0.2, -0.15) is 0 Å². The maximum Gasteiger partial charge on any atom is 0.309 e. The molecule has 4 nitrogen and oxygen atoms in total. The molecule has 0 aliphatic rings. The van der Waals surface area contributed by atoms with E-state index in [0.717, 1.165) is 22.7 Å². The first-order valence-corrected chi connectivity index (χ1v) is 6.18. The number of hydrogen-bond acceptors (Lipinski definition) is 4. The fourth-order valence-corrected chi connectivity index (χ4v) is 2.30. The van der Waals surface area contributed by atoms with Crippen LogP contribution in [-0.2, 0) is 17.6 Å². The molecule has 0 bridgehead atoms. The van der Waals surface area contributed by atoms with Gasteiger partial charge < -0.3 is 5.11 Å². The van der Waals surface area contributed by atoms with Crippen molar-refractivity contribution in [3.8, 4) is 10.6 Å². The third-order valence-electron chi connectivity index (χ3n) is 2.31. The fraction of sp³-hybridized carbons (Fsp3) is 0.250. The molecule has 5 heteroatoms. The van der Waals surface area contributed by atoms with E-state index in [1.165, 1.54) is 11.3 Å². The lowest BCUT2D eigenvalue weighted by Gasteiger charge is -1.98. The van der Waals surface area contributed by atoms with Crippen LogP contribution in [-0.4, -0.2) is 21.0 Å². The van der Waals surface area contributed by atoms with Gasteiger partial charge in [0.05, 0.1) is 12.1 Å². The molecular formula is C12H12N2O2S. The molecule has 0 spiro atoms. The molecule has 17 heavy (non-hydrogen) atoms. The van der Waals surface area contributed by atoms with Crippen molar-refractivity contribution >= 4 is 17.3 Å². The number of thiazole rings is 1. The summed E-state index contributed by atoms with van der Waals surface area (Å²) in [6, 6.07) is 3.88. The van der Waals surface area contributed by atoms with Crippen molar-refractivity contribution in [3.63, 3.8) is 0 Å². The molecule has 0 fully saturated rings. The van der Waals surface area contributed by atoms with Crippen molar-refractivity contribution < 1.29 is 9.90 Å². The lowest BCUT2D eigenvalue weighted by Crippen LogP contribution is -1.99. The summed E-state index contributed by atoms with van der Waals surface area (Å²) in [6.45, 7) is 2.05. The molecule has 88 valence electrons. The summed E-state index contributed by atoms with van der Waals surface area (Å²) in [4.78, 5) is 19.1. The summed E-state index contributed by atoms with van der Waals surface area (Å²) in [5.74, 6) is -0.856. The van der Waals surface area contributed by atoms with E-state index in [4.69, 9.17) is 5.11 Å². The Hall–Kier alpha value is -1.75. The Bertz CT molecular complexity index is 537. The van der Waals surface area contributed by atoms with E-state index in [1.807, 2.05) is 19.1 Å². The third-order valence-corrected chi connectivity index (χ3v) is 3.25. The van der Waals surface area contributed by atoms with Crippen molar-refractivity contribution in [2.75, 3.05) is 0 Å². The number of carboxylic acids is 1. The molecule has 0 saturated carbocycles. The number of aliphatic carboxylic acids is 1. The zero-order valence-electron chi connectivity index (χ0n) is 9.38. The highest BCUT2D eigenvalue weighted by Gasteiger charge is 2.08. The summed E-state index contributed by atoms with van der Waals surface area (Å²) in [5.41, 5.74) is 2.61. The molecule has 0 aliphatic heterocycles. The number of carbonyl (C=O) groups is 1. The molecule has 0 aromatic carbocycles. The number of carboxylic acid groups (broad SMARTS) is 1. The van der Waals surface area contributed by atoms with Gasteiger partial charge in [0.25, 0.3) is 0 Å². The van der Waals surface area contributed by atoms with Crippen LogP contribution in [0.5, 0.6) is 0 Å². The van der Waals surface area contributed by atoms with Crippen LogP contribution in [0.2, 0.25) is 0 Å². The number of nitrogens with zero attached hydrogens (tertiary/aromatic N) is 2. The lowest BCUT2D eigenvalue weighted by molar-refractivity contribution is -0.136. The highest BCUT2D eigenvalue weighted by molar-refractivity contribution is 7.13. The number of rotatable bonds is 4. The quantitative estimate of drug-likeness (QED) is 0.902. The molecule has 0 amide bonds. The Morgan fingerprint density at radius 1 is 1.47 bits per heavy atom. The minimum atomic E-state index is -0.856. The van der Waals surface area contributed by atoms with Crippen LogP contribution >= 0.6 is 11.3 Å². The van der Waals surface area contributed by atoms with Crippen LogP contribution < -0.4 is 0 Å². The molecule has 2 heterocycles. The summed E-state index contributed by atoms with van der Waals surface area (Å²) in [6.07, 6.45) is 2.61. The molecule has 0 atom stereocenters. The van der Waals surface area contributed by atoms with E-state index >= 15 is 0 Å². The molecule has 0 saturated heterocycles. The van der Waals surface area contributed by atoms with Crippen LogP contribution in [0.1, 0.15) is 18.3 Å². The second kappa shape index (κ2) is 5.05. The zero-order valence-corrected chi connectivity index (χ0v) is 10.2. The molecule has 2 aromatic rings. The fourth-order valence-electron chi connectivity index (χ4n) is 1.48. The number of hydrogen-bond donors (Lipinski definition) is 1. The summed E-state index contributed by atoms with van der Waals surface area (Å²) in [7, 11) is 0. The van der Waals surface area contributed by atoms with Gasteiger partial charge in [0.1, 0.15) is 5.01 Å². The second-order valence-corrected chi connectivity index (χ2v) is 4.46. The van der Waals surface area contributed by atoms with Crippen LogP contribution in [0.25, 0.3) is 10.6 Å². The number of aromatic nitrogens is 2. The summed E-state index contributed by atoms with van der Waals surface area (Å²) < 4.78 is 0. The average molecular weight is 248 g/mol. The maximum atomic E-state index is 10.6. The zero-order chi connectivity index (χ0) is 12.3. The Morgan fingerprint density at radius 2 is 2.29 bits per heavy atom. The molecule has 2 aromatic heterocycles. The number of aryl methyl sites for hydroxylation is 1. The Balaban J connectivity index is 2.26. The van der Waals surface area contributed by atoms with Gasteiger partial charge in [-0.05, 0) is 18.6 Å². The second-order valence-electron chi connectivity index (χ2n) is 3.60. The van der Waals surface area contributed by atoms with Crippen molar-refractivity contribution in [3.05, 3.63) is 35.1 Å². The van der Waals surface area contributed by atoms with Gasteiger partial charge in [0.2, 0.25) is 0 Å². The van der Waals surface area contributed by atoms with Crippen molar-refractivity contribution in [1.29, 1.82) is 0 Å². The van der Waals surface area contributed by atoms with Crippen LogP contribution in [0, 0.1) is 0 Å². The number of pyridine rings is 1. The normalized spacial score (nSPS) is 10.4. The van der Waals surface area contributed by atoms with Gasteiger partial charge in [-0.25, -0.2) is 4.98 Å². The topological polar surface area (TPSA) is 63.1 Å². The van der Waals surface area contributed by atoms with E-state index in [9.17, 15) is 4.79 Å². The predicted octanol–water partition coefficient (Wildman–Crippen LogP) is 2.39. The SMILES string of the molecule is CCc1cc(-c2nc(CC(=O)O)cs2)ccn1. The minimum Gasteiger partial charge on any atom is -0.481 e. The third kappa shape index (κ3) is 2.88. The maximum absolute atomic E-state index is 10.6. The minimum absolute atomic E-state index is 0.0256. The molecule has 0 aliphatic carbocycles. The smallest absolute Gasteiger partial charge is 0.309 e. The van der Waals surface area contributed by atoms with Gasteiger partial charge in [-0.1, -0.05) is 6.92 Å². The average Bonchev–Trinajstić information content (AvgIpc) is 2.77. The molecule has 0 radical (unpaired) electrons. The summed E-state index contributed by atoms with van der Waals surface area (Å²) >= 11 is 1.46. The van der Waals surface area contributed by atoms with Gasteiger partial charge in [-0.3, -0.25) is 9.78 Å². The van der Waals surface area contributed by atoms with Crippen LogP contribution in [0.3, 0.4) is 0 Å². The summed E-state index contributed by atoms with van der Waals surface area (Å²) in [5, 5.41) is 11.3. The molecule has 2 rings (SSSR count). The van der Waals surface area contributed by atoms with E-state index in [-0.39, 0.29) is 6.42 Å². The standard InChI is InChI=1S/C12H12N2O2S/c1-2-9-5-8(3-4-13-9)12-14-10(7-17-12)6-11(15)16/h3-5,7H,2,6H2,1H3,(H,15,16). The molecule has 0 unspecified atom stereocenters. The van der Waals surface area contributed by atoms with E-state index in [0.29, 0.717) is 5.69 Å². The van der Waals surface area contributed by atoms with Gasteiger partial charge in [0, 0.05) is 22.8 Å². The van der Waals surface area contributed by atoms with E-state index in [1.54, 1.807) is 11.6 Å². The highest BCUT2D eigenvalue weighted by atomic mass is 32.1. The van der Waals surface area contributed by atoms with Gasteiger partial charge in [0.15, 0.2) is 0 Å². The first-order chi connectivity index (χ1) is 8.19. The largest absolute Gasteiger partial charge is 0.481 e. The van der Waals surface area contributed by atoms with Gasteiger partial charge in [-0.15, -0.1) is 11.3 Å². The highest BCUT2D eigenvalue weighted by Crippen LogP contribution is 2.24. The molecular weight excluding hydrogens is 236 g/mol. The van der Waals surface area contributed by atoms with E-state index in [2.05, 4.69) is 9.97 Å². The Labute approximate surface area is 103 Å². The van der Waals surface area contributed by atoms with Crippen LogP contribution in [0.15, 0.2) is 23.7 Å². The van der Waals surface area contributed by atoms with Gasteiger partial charge >= 0.3 is 5.97 Å². The first-order valence-electron chi connectivity index (χ1n) is 5.30. The predicted molar refractivity (Wildman–Crippen MR) is 66.1 cm³/mol. The monoisotopic (exact) mass is 248 g/mol. The van der Waals surface area contributed by atoms with Crippen molar-refractivity contribution in [1.82, 2.24) is 9.97 Å². The lowest BCUT2D eigenvalue weighted by atomic mass is 10.2. The van der Waals surface area contributed by atoms with Crippen molar-refractivity contribution in [2.45, 2.75) is 19.8 Å². The molecule has 1 N–H and O–H groups in total.